The van der Waals surface area contributed by atoms with Crippen molar-refractivity contribution < 1.29 is 0 Å². The van der Waals surface area contributed by atoms with Crippen LogP contribution >= 0.6 is 0 Å². The summed E-state index contributed by atoms with van der Waals surface area (Å²) in [6.45, 7) is 6.23. The number of nitrogens with zero attached hydrogens (tertiary/aromatic N) is 3. The molecule has 0 atom stereocenters. The first-order valence-electron chi connectivity index (χ1n) is 9.11. The first kappa shape index (κ1) is 19.0. The lowest BCUT2D eigenvalue weighted by Gasteiger charge is -2.33. The molecule has 2 N–H and O–H groups in total. The molecule has 0 aliphatic carbocycles. The van der Waals surface area contributed by atoms with Crippen molar-refractivity contribution in [3.63, 3.8) is 0 Å². The van der Waals surface area contributed by atoms with Crippen LogP contribution in [-0.4, -0.2) is 35.9 Å². The SMILES string of the molecule is CCC(CC)(CNC(=NC)NCCc1cnn(C)c1)c1ccccc1. The fourth-order valence-electron chi connectivity index (χ4n) is 3.20. The van der Waals surface area contributed by atoms with Gasteiger partial charge in [0.25, 0.3) is 0 Å². The minimum absolute atomic E-state index is 0.127. The van der Waals surface area contributed by atoms with Crippen molar-refractivity contribution in [1.29, 1.82) is 0 Å². The fraction of sp³-hybridized carbons (Fsp3) is 0.500. The summed E-state index contributed by atoms with van der Waals surface area (Å²) in [5.41, 5.74) is 2.74. The second kappa shape index (κ2) is 9.25. The number of guanidine groups is 1. The third-order valence-electron chi connectivity index (χ3n) is 5.02. The summed E-state index contributed by atoms with van der Waals surface area (Å²) in [4.78, 5) is 4.36. The summed E-state index contributed by atoms with van der Waals surface area (Å²) in [5.74, 6) is 0.853. The van der Waals surface area contributed by atoms with E-state index in [2.05, 4.69) is 64.9 Å². The van der Waals surface area contributed by atoms with E-state index in [0.29, 0.717) is 0 Å². The number of aliphatic imine (C=N–C) groups is 1. The van der Waals surface area contributed by atoms with Crippen molar-refractivity contribution >= 4 is 5.96 Å². The van der Waals surface area contributed by atoms with Crippen LogP contribution in [0.2, 0.25) is 0 Å². The van der Waals surface area contributed by atoms with Gasteiger partial charge < -0.3 is 10.6 Å². The topological polar surface area (TPSA) is 54.2 Å². The molecule has 0 bridgehead atoms. The Bertz CT molecular complexity index is 656. The van der Waals surface area contributed by atoms with Crippen molar-refractivity contribution in [1.82, 2.24) is 20.4 Å². The Morgan fingerprint density at radius 1 is 1.16 bits per heavy atom. The van der Waals surface area contributed by atoms with Crippen LogP contribution in [-0.2, 0) is 18.9 Å². The fourth-order valence-corrected chi connectivity index (χ4v) is 3.20. The first-order chi connectivity index (χ1) is 12.1. The Morgan fingerprint density at radius 3 is 2.44 bits per heavy atom. The zero-order chi connectivity index (χ0) is 18.1. The lowest BCUT2D eigenvalue weighted by atomic mass is 9.76. The highest BCUT2D eigenvalue weighted by Crippen LogP contribution is 2.30. The van der Waals surface area contributed by atoms with Crippen LogP contribution in [0.1, 0.15) is 37.8 Å². The summed E-state index contributed by atoms with van der Waals surface area (Å²) >= 11 is 0. The Morgan fingerprint density at radius 2 is 1.88 bits per heavy atom. The molecule has 5 heteroatoms. The molecule has 0 spiro atoms. The third kappa shape index (κ3) is 5.08. The normalized spacial score (nSPS) is 12.2. The summed E-state index contributed by atoms with van der Waals surface area (Å²) in [7, 11) is 3.76. The minimum Gasteiger partial charge on any atom is -0.356 e. The smallest absolute Gasteiger partial charge is 0.191 e. The van der Waals surface area contributed by atoms with E-state index in [4.69, 9.17) is 0 Å². The Labute approximate surface area is 151 Å². The highest BCUT2D eigenvalue weighted by molar-refractivity contribution is 5.79. The van der Waals surface area contributed by atoms with Crippen LogP contribution in [0.5, 0.6) is 0 Å². The average molecular weight is 342 g/mol. The van der Waals surface area contributed by atoms with Gasteiger partial charge in [0.15, 0.2) is 5.96 Å². The molecule has 1 heterocycles. The molecule has 1 aromatic heterocycles. The van der Waals surface area contributed by atoms with Gasteiger partial charge in [-0.05, 0) is 30.4 Å². The summed E-state index contributed by atoms with van der Waals surface area (Å²) in [6, 6.07) is 10.8. The van der Waals surface area contributed by atoms with Crippen molar-refractivity contribution in [3.8, 4) is 0 Å². The van der Waals surface area contributed by atoms with Gasteiger partial charge in [0.2, 0.25) is 0 Å². The maximum absolute atomic E-state index is 4.36. The number of rotatable bonds is 8. The van der Waals surface area contributed by atoms with Crippen LogP contribution in [0.15, 0.2) is 47.7 Å². The van der Waals surface area contributed by atoms with Crippen molar-refractivity contribution in [2.75, 3.05) is 20.1 Å². The molecule has 2 rings (SSSR count). The molecule has 0 amide bonds. The molecule has 25 heavy (non-hydrogen) atoms. The van der Waals surface area contributed by atoms with Crippen LogP contribution in [0.4, 0.5) is 0 Å². The molecular weight excluding hydrogens is 310 g/mol. The van der Waals surface area contributed by atoms with E-state index in [1.165, 1.54) is 11.1 Å². The number of hydrogen-bond acceptors (Lipinski definition) is 2. The maximum Gasteiger partial charge on any atom is 0.191 e. The Hall–Kier alpha value is -2.30. The maximum atomic E-state index is 4.36. The van der Waals surface area contributed by atoms with E-state index in [9.17, 15) is 0 Å². The predicted molar refractivity (Wildman–Crippen MR) is 105 cm³/mol. The van der Waals surface area contributed by atoms with E-state index in [0.717, 1.165) is 38.3 Å². The number of benzene rings is 1. The second-order valence-electron chi connectivity index (χ2n) is 6.48. The van der Waals surface area contributed by atoms with Crippen molar-refractivity contribution in [3.05, 3.63) is 53.9 Å². The summed E-state index contributed by atoms with van der Waals surface area (Å²) in [6.07, 6.45) is 7.07. The van der Waals surface area contributed by atoms with Gasteiger partial charge in [-0.15, -0.1) is 0 Å². The monoisotopic (exact) mass is 341 g/mol. The highest BCUT2D eigenvalue weighted by Gasteiger charge is 2.28. The quantitative estimate of drug-likeness (QED) is 0.573. The first-order valence-corrected chi connectivity index (χ1v) is 9.11. The molecule has 2 aromatic rings. The molecule has 0 unspecified atom stereocenters. The van der Waals surface area contributed by atoms with Crippen LogP contribution < -0.4 is 10.6 Å². The molecule has 1 aromatic carbocycles. The van der Waals surface area contributed by atoms with Crippen molar-refractivity contribution in [2.24, 2.45) is 12.0 Å². The van der Waals surface area contributed by atoms with Gasteiger partial charge >= 0.3 is 0 Å². The molecule has 0 radical (unpaired) electrons. The van der Waals surface area contributed by atoms with Gasteiger partial charge in [0.05, 0.1) is 6.20 Å². The van der Waals surface area contributed by atoms with Crippen molar-refractivity contribution in [2.45, 2.75) is 38.5 Å². The Kier molecular flexibility index (Phi) is 7.04. The van der Waals surface area contributed by atoms with Crippen LogP contribution in [0.3, 0.4) is 0 Å². The number of hydrogen-bond donors (Lipinski definition) is 2. The molecule has 0 aliphatic heterocycles. The number of aryl methyl sites for hydroxylation is 1. The van der Waals surface area contributed by atoms with E-state index in [1.54, 1.807) is 0 Å². The highest BCUT2D eigenvalue weighted by atomic mass is 15.2. The molecule has 0 aliphatic rings. The van der Waals surface area contributed by atoms with Crippen LogP contribution in [0, 0.1) is 0 Å². The lowest BCUT2D eigenvalue weighted by molar-refractivity contribution is 0.389. The zero-order valence-electron chi connectivity index (χ0n) is 15.9. The molecule has 0 saturated carbocycles. The van der Waals surface area contributed by atoms with Gasteiger partial charge in [-0.1, -0.05) is 44.2 Å². The molecule has 136 valence electrons. The standard InChI is InChI=1S/C20H31N5/c1-5-20(6-2,18-10-8-7-9-11-18)16-23-19(21-3)22-13-12-17-14-24-25(4)15-17/h7-11,14-15H,5-6,12-13,16H2,1-4H3,(H2,21,22,23). The van der Waals surface area contributed by atoms with E-state index in [-0.39, 0.29) is 5.41 Å². The molecular formula is C20H31N5. The van der Waals surface area contributed by atoms with E-state index < -0.39 is 0 Å². The second-order valence-corrected chi connectivity index (χ2v) is 6.48. The van der Waals surface area contributed by atoms with E-state index in [1.807, 2.05) is 31.2 Å². The van der Waals surface area contributed by atoms with Gasteiger partial charge in [-0.25, -0.2) is 0 Å². The third-order valence-corrected chi connectivity index (χ3v) is 5.02. The largest absolute Gasteiger partial charge is 0.356 e. The van der Waals surface area contributed by atoms with Gasteiger partial charge in [0, 0.05) is 38.8 Å². The molecule has 5 nitrogen and oxygen atoms in total. The zero-order valence-corrected chi connectivity index (χ0v) is 15.9. The Balaban J connectivity index is 1.91. The lowest BCUT2D eigenvalue weighted by Crippen LogP contribution is -2.45. The number of aromatic nitrogens is 2. The number of nitrogens with one attached hydrogen (secondary N) is 2. The van der Waals surface area contributed by atoms with E-state index >= 15 is 0 Å². The average Bonchev–Trinajstić information content (AvgIpc) is 3.07. The van der Waals surface area contributed by atoms with Crippen LogP contribution in [0.25, 0.3) is 0 Å². The molecule has 0 fully saturated rings. The summed E-state index contributed by atoms with van der Waals surface area (Å²) < 4.78 is 1.83. The molecule has 0 saturated heterocycles. The van der Waals surface area contributed by atoms with Gasteiger partial charge in [-0.2, -0.15) is 5.10 Å². The van der Waals surface area contributed by atoms with Gasteiger partial charge in [0.1, 0.15) is 0 Å². The minimum atomic E-state index is 0.127. The van der Waals surface area contributed by atoms with Gasteiger partial charge in [-0.3, -0.25) is 9.67 Å². The predicted octanol–water partition coefficient (Wildman–Crippen LogP) is 2.89. The summed E-state index contributed by atoms with van der Waals surface area (Å²) in [5, 5.41) is 11.1.